The molecule has 5 nitrogen and oxygen atoms in total. The minimum absolute atomic E-state index is 0.343. The number of carbonyl (C=O) groups is 2. The summed E-state index contributed by atoms with van der Waals surface area (Å²) < 4.78 is 6.07. The maximum atomic E-state index is 12.3. The van der Waals surface area contributed by atoms with Crippen molar-refractivity contribution in [2.45, 2.75) is 12.5 Å². The number of aromatic nitrogens is 1. The molecule has 0 bridgehead atoms. The van der Waals surface area contributed by atoms with Gasteiger partial charge in [0.2, 0.25) is 5.91 Å². The van der Waals surface area contributed by atoms with Crippen LogP contribution in [0.4, 0.5) is 5.69 Å². The molecule has 6 heteroatoms. The summed E-state index contributed by atoms with van der Waals surface area (Å²) in [6, 6.07) is 11.1. The molecule has 0 aliphatic carbocycles. The number of halogens is 1. The summed E-state index contributed by atoms with van der Waals surface area (Å²) in [7, 11) is 0. The van der Waals surface area contributed by atoms with Crippen LogP contribution < -0.4 is 5.32 Å². The molecule has 0 spiro atoms. The van der Waals surface area contributed by atoms with E-state index < -0.39 is 11.9 Å². The van der Waals surface area contributed by atoms with Gasteiger partial charge >= 0.3 is 5.97 Å². The van der Waals surface area contributed by atoms with Crippen molar-refractivity contribution in [1.82, 2.24) is 4.98 Å². The normalized spacial score (nSPS) is 20.5. The molecule has 1 N–H and O–H groups in total. The molecule has 1 aliphatic heterocycles. The van der Waals surface area contributed by atoms with Crippen LogP contribution in [-0.4, -0.2) is 16.9 Å². The lowest BCUT2D eigenvalue weighted by Crippen LogP contribution is -2.26. The van der Waals surface area contributed by atoms with Gasteiger partial charge in [-0.05, 0) is 27.6 Å². The number of nitrogens with zero attached hydrogens (tertiary/aromatic N) is 1. The first-order valence-corrected chi connectivity index (χ1v) is 7.59. The van der Waals surface area contributed by atoms with Crippen molar-refractivity contribution < 1.29 is 14.3 Å². The van der Waals surface area contributed by atoms with Gasteiger partial charge in [0.05, 0.1) is 11.9 Å². The second-order valence-electron chi connectivity index (χ2n) is 5.01. The predicted molar refractivity (Wildman–Crippen MR) is 83.9 cm³/mol. The molecule has 1 aromatic heterocycles. The number of anilines is 1. The maximum absolute atomic E-state index is 12.3. The Labute approximate surface area is 135 Å². The highest BCUT2D eigenvalue weighted by molar-refractivity contribution is 9.10. The number of rotatable bonds is 3. The van der Waals surface area contributed by atoms with E-state index in [4.69, 9.17) is 4.74 Å². The Morgan fingerprint density at radius 1 is 1.27 bits per heavy atom. The predicted octanol–water partition coefficient (Wildman–Crippen LogP) is 3.09. The van der Waals surface area contributed by atoms with Crippen molar-refractivity contribution >= 4 is 33.5 Å². The summed E-state index contributed by atoms with van der Waals surface area (Å²) >= 11 is 3.28. The molecular formula is C16H13BrN2O3. The van der Waals surface area contributed by atoms with E-state index in [9.17, 15) is 9.59 Å². The Morgan fingerprint density at radius 3 is 2.77 bits per heavy atom. The summed E-state index contributed by atoms with van der Waals surface area (Å²) in [5, 5.41) is 2.69. The lowest BCUT2D eigenvalue weighted by Gasteiger charge is -2.08. The van der Waals surface area contributed by atoms with Gasteiger partial charge in [-0.25, -0.2) is 0 Å². The maximum Gasteiger partial charge on any atom is 0.319 e. The summed E-state index contributed by atoms with van der Waals surface area (Å²) in [4.78, 5) is 28.2. The Morgan fingerprint density at radius 2 is 2.05 bits per heavy atom. The van der Waals surface area contributed by atoms with Crippen LogP contribution in [0.1, 0.15) is 18.1 Å². The second kappa shape index (κ2) is 6.27. The summed E-state index contributed by atoms with van der Waals surface area (Å²) in [6.45, 7) is 0. The number of nitrogens with one attached hydrogen (secondary N) is 1. The van der Waals surface area contributed by atoms with Gasteiger partial charge in [-0.3, -0.25) is 14.6 Å². The molecule has 1 saturated heterocycles. The van der Waals surface area contributed by atoms with E-state index in [2.05, 4.69) is 26.2 Å². The van der Waals surface area contributed by atoms with E-state index in [1.54, 1.807) is 12.3 Å². The minimum Gasteiger partial charge on any atom is -0.457 e. The molecule has 2 heterocycles. The second-order valence-corrected chi connectivity index (χ2v) is 5.92. The molecule has 1 aromatic carbocycles. The standard InChI is InChI=1S/C16H13BrN2O3/c17-11-6-12(9-18-8-11)19-15(20)13-7-14(22-16(13)21)10-4-2-1-3-5-10/h1-6,8-9,13-14H,7H2,(H,19,20). The lowest BCUT2D eigenvalue weighted by atomic mass is 9.99. The highest BCUT2D eigenvalue weighted by atomic mass is 79.9. The zero-order chi connectivity index (χ0) is 15.5. The number of amides is 1. The summed E-state index contributed by atoms with van der Waals surface area (Å²) in [5.41, 5.74) is 1.44. The highest BCUT2D eigenvalue weighted by Crippen LogP contribution is 2.34. The minimum atomic E-state index is -0.802. The Hall–Kier alpha value is -2.21. The van der Waals surface area contributed by atoms with E-state index in [-0.39, 0.29) is 12.0 Å². The van der Waals surface area contributed by atoms with Crippen LogP contribution in [0.5, 0.6) is 0 Å². The zero-order valence-corrected chi connectivity index (χ0v) is 13.1. The van der Waals surface area contributed by atoms with Gasteiger partial charge in [0.25, 0.3) is 0 Å². The van der Waals surface area contributed by atoms with Crippen molar-refractivity contribution in [1.29, 1.82) is 0 Å². The SMILES string of the molecule is O=C(Nc1cncc(Br)c1)C1CC(c2ccccc2)OC1=O. The molecule has 3 rings (SSSR count). The van der Waals surface area contributed by atoms with Crippen LogP contribution >= 0.6 is 15.9 Å². The third kappa shape index (κ3) is 3.17. The Kier molecular flexibility index (Phi) is 4.20. The summed E-state index contributed by atoms with van der Waals surface area (Å²) in [6.07, 6.45) is 3.11. The molecule has 2 atom stereocenters. The van der Waals surface area contributed by atoms with Gasteiger partial charge in [0.1, 0.15) is 12.0 Å². The number of carbonyl (C=O) groups excluding carboxylic acids is 2. The number of ether oxygens (including phenoxy) is 1. The smallest absolute Gasteiger partial charge is 0.319 e. The fourth-order valence-corrected chi connectivity index (χ4v) is 2.74. The van der Waals surface area contributed by atoms with Crippen LogP contribution in [0, 0.1) is 5.92 Å². The molecule has 1 aliphatic rings. The van der Waals surface area contributed by atoms with E-state index in [0.29, 0.717) is 12.1 Å². The lowest BCUT2D eigenvalue weighted by molar-refractivity contribution is -0.146. The fourth-order valence-electron chi connectivity index (χ4n) is 2.38. The first-order valence-electron chi connectivity index (χ1n) is 6.80. The summed E-state index contributed by atoms with van der Waals surface area (Å²) in [5.74, 6) is -1.66. The average molecular weight is 361 g/mol. The van der Waals surface area contributed by atoms with Gasteiger partial charge < -0.3 is 10.1 Å². The number of esters is 1. The monoisotopic (exact) mass is 360 g/mol. The van der Waals surface area contributed by atoms with Crippen molar-refractivity contribution in [3.05, 3.63) is 58.8 Å². The third-order valence-electron chi connectivity index (χ3n) is 3.45. The molecule has 1 fully saturated rings. The van der Waals surface area contributed by atoms with Gasteiger partial charge in [-0.15, -0.1) is 0 Å². The molecule has 112 valence electrons. The van der Waals surface area contributed by atoms with Crippen molar-refractivity contribution in [2.75, 3.05) is 5.32 Å². The van der Waals surface area contributed by atoms with Gasteiger partial charge in [-0.1, -0.05) is 30.3 Å². The van der Waals surface area contributed by atoms with Crippen LogP contribution in [0.15, 0.2) is 53.3 Å². The molecule has 22 heavy (non-hydrogen) atoms. The number of cyclic esters (lactones) is 1. The number of pyridine rings is 1. The van der Waals surface area contributed by atoms with Crippen LogP contribution in [0.25, 0.3) is 0 Å². The van der Waals surface area contributed by atoms with Crippen molar-refractivity contribution in [3.63, 3.8) is 0 Å². The van der Waals surface area contributed by atoms with E-state index >= 15 is 0 Å². The van der Waals surface area contributed by atoms with Crippen LogP contribution in [0.2, 0.25) is 0 Å². The number of benzene rings is 1. The number of hydrogen-bond acceptors (Lipinski definition) is 4. The fraction of sp³-hybridized carbons (Fsp3) is 0.188. The van der Waals surface area contributed by atoms with Gasteiger partial charge in [0, 0.05) is 17.1 Å². The van der Waals surface area contributed by atoms with E-state index in [0.717, 1.165) is 10.0 Å². The van der Waals surface area contributed by atoms with E-state index in [1.165, 1.54) is 6.20 Å². The molecule has 2 unspecified atom stereocenters. The third-order valence-corrected chi connectivity index (χ3v) is 3.89. The van der Waals surface area contributed by atoms with Gasteiger partial charge in [0.15, 0.2) is 0 Å². The number of hydrogen-bond donors (Lipinski definition) is 1. The zero-order valence-electron chi connectivity index (χ0n) is 11.5. The van der Waals surface area contributed by atoms with Crippen LogP contribution in [-0.2, 0) is 14.3 Å². The quantitative estimate of drug-likeness (QED) is 0.674. The molecular weight excluding hydrogens is 348 g/mol. The van der Waals surface area contributed by atoms with Gasteiger partial charge in [-0.2, -0.15) is 0 Å². The molecule has 0 radical (unpaired) electrons. The van der Waals surface area contributed by atoms with Crippen LogP contribution in [0.3, 0.4) is 0 Å². The molecule has 2 aromatic rings. The topological polar surface area (TPSA) is 68.3 Å². The molecule has 0 saturated carbocycles. The molecule has 1 amide bonds. The Bertz CT molecular complexity index is 706. The Balaban J connectivity index is 1.70. The van der Waals surface area contributed by atoms with Crippen molar-refractivity contribution in [2.24, 2.45) is 5.92 Å². The highest BCUT2D eigenvalue weighted by Gasteiger charge is 2.40. The average Bonchev–Trinajstić information content (AvgIpc) is 2.90. The first kappa shape index (κ1) is 14.7. The van der Waals surface area contributed by atoms with E-state index in [1.807, 2.05) is 30.3 Å². The first-order chi connectivity index (χ1) is 10.6. The largest absolute Gasteiger partial charge is 0.457 e. The van der Waals surface area contributed by atoms with Crippen molar-refractivity contribution in [3.8, 4) is 0 Å².